The van der Waals surface area contributed by atoms with E-state index in [9.17, 15) is 0 Å². The summed E-state index contributed by atoms with van der Waals surface area (Å²) in [5.41, 5.74) is 8.34. The number of thiocarbonyl (C=S) groups is 1. The van der Waals surface area contributed by atoms with E-state index in [1.807, 2.05) is 31.2 Å². The number of hydrogen-bond donors (Lipinski definition) is 2. The van der Waals surface area contributed by atoms with Gasteiger partial charge in [-0.1, -0.05) is 23.8 Å². The quantitative estimate of drug-likeness (QED) is 0.844. The fraction of sp³-hybridized carbons (Fsp3) is 0.0769. The summed E-state index contributed by atoms with van der Waals surface area (Å²) >= 11 is 10.9. The number of nitrogens with one attached hydrogen (secondary N) is 1. The van der Waals surface area contributed by atoms with Gasteiger partial charge in [0.25, 0.3) is 0 Å². The normalized spacial score (nSPS) is 10.1. The van der Waals surface area contributed by atoms with Crippen LogP contribution in [0.3, 0.4) is 0 Å². The van der Waals surface area contributed by atoms with Crippen LogP contribution in [-0.2, 0) is 0 Å². The minimum absolute atomic E-state index is 0.317. The lowest BCUT2D eigenvalue weighted by Crippen LogP contribution is -2.13. The molecule has 0 saturated carbocycles. The van der Waals surface area contributed by atoms with Gasteiger partial charge in [-0.3, -0.25) is 0 Å². The van der Waals surface area contributed by atoms with Gasteiger partial charge < -0.3 is 11.1 Å². The first-order valence-electron chi connectivity index (χ1n) is 5.36. The minimum atomic E-state index is 0.317. The van der Waals surface area contributed by atoms with Crippen molar-refractivity contribution in [2.75, 3.05) is 5.32 Å². The Balaban J connectivity index is 2.37. The molecule has 5 heteroatoms. The molecular weight excluding hydrogens is 266 g/mol. The second-order valence-corrected chi connectivity index (χ2v) is 4.72. The molecule has 2 rings (SSSR count). The molecule has 1 aromatic heterocycles. The fourth-order valence-corrected chi connectivity index (χ4v) is 1.99. The number of nitrogens with zero attached hydrogens (tertiary/aromatic N) is 1. The molecule has 92 valence electrons. The largest absolute Gasteiger partial charge is 0.389 e. The summed E-state index contributed by atoms with van der Waals surface area (Å²) < 4.78 is 0. The van der Waals surface area contributed by atoms with E-state index in [1.165, 1.54) is 0 Å². The third kappa shape index (κ3) is 2.78. The molecule has 0 fully saturated rings. The Bertz CT molecular complexity index is 599. The molecule has 2 aromatic rings. The molecule has 0 bridgehead atoms. The summed E-state index contributed by atoms with van der Waals surface area (Å²) in [7, 11) is 0. The van der Waals surface area contributed by atoms with Gasteiger partial charge in [-0.15, -0.1) is 0 Å². The maximum atomic E-state index is 5.92. The highest BCUT2D eigenvalue weighted by atomic mass is 35.5. The molecule has 0 amide bonds. The van der Waals surface area contributed by atoms with Crippen LogP contribution in [0.15, 0.2) is 36.5 Å². The average Bonchev–Trinajstić information content (AvgIpc) is 2.33. The van der Waals surface area contributed by atoms with E-state index >= 15 is 0 Å². The van der Waals surface area contributed by atoms with Gasteiger partial charge in [-0.05, 0) is 42.8 Å². The van der Waals surface area contributed by atoms with Gasteiger partial charge >= 0.3 is 0 Å². The van der Waals surface area contributed by atoms with Crippen molar-refractivity contribution in [1.29, 1.82) is 0 Å². The zero-order chi connectivity index (χ0) is 13.1. The topological polar surface area (TPSA) is 50.9 Å². The first kappa shape index (κ1) is 12.8. The number of anilines is 2. The molecular formula is C13H12ClN3S. The second-order valence-electron chi connectivity index (χ2n) is 3.85. The number of aryl methyl sites for hydroxylation is 1. The van der Waals surface area contributed by atoms with E-state index in [2.05, 4.69) is 10.3 Å². The summed E-state index contributed by atoms with van der Waals surface area (Å²) in [6.07, 6.45) is 1.69. The SMILES string of the molecule is Cc1cc(Cl)ccc1Nc1ncccc1C(N)=S. The van der Waals surface area contributed by atoms with Crippen LogP contribution < -0.4 is 11.1 Å². The molecule has 0 radical (unpaired) electrons. The third-order valence-corrected chi connectivity index (χ3v) is 2.97. The van der Waals surface area contributed by atoms with E-state index in [0.29, 0.717) is 15.8 Å². The van der Waals surface area contributed by atoms with Crippen molar-refractivity contribution in [3.05, 3.63) is 52.7 Å². The molecule has 3 N–H and O–H groups in total. The van der Waals surface area contributed by atoms with Crippen LogP contribution in [0.2, 0.25) is 5.02 Å². The van der Waals surface area contributed by atoms with E-state index in [-0.39, 0.29) is 0 Å². The number of halogens is 1. The summed E-state index contributed by atoms with van der Waals surface area (Å²) in [5, 5.41) is 3.91. The monoisotopic (exact) mass is 277 g/mol. The molecule has 0 saturated heterocycles. The van der Waals surface area contributed by atoms with E-state index in [0.717, 1.165) is 16.8 Å². The number of rotatable bonds is 3. The van der Waals surface area contributed by atoms with Crippen LogP contribution >= 0.6 is 23.8 Å². The molecule has 1 aromatic carbocycles. The standard InChI is InChI=1S/C13H12ClN3S/c1-8-7-9(14)4-5-11(8)17-13-10(12(15)18)3-2-6-16-13/h2-7H,1H3,(H2,15,18)(H,16,17). The number of aromatic nitrogens is 1. The van der Waals surface area contributed by atoms with E-state index in [4.69, 9.17) is 29.6 Å². The Morgan fingerprint density at radius 3 is 2.83 bits per heavy atom. The molecule has 1 heterocycles. The van der Waals surface area contributed by atoms with Gasteiger partial charge in [-0.25, -0.2) is 4.98 Å². The highest BCUT2D eigenvalue weighted by Gasteiger charge is 2.07. The Morgan fingerprint density at radius 1 is 1.39 bits per heavy atom. The highest BCUT2D eigenvalue weighted by molar-refractivity contribution is 7.80. The van der Waals surface area contributed by atoms with Gasteiger partial charge in [0.15, 0.2) is 0 Å². The summed E-state index contributed by atoms with van der Waals surface area (Å²) in [4.78, 5) is 4.56. The zero-order valence-electron chi connectivity index (χ0n) is 9.77. The number of hydrogen-bond acceptors (Lipinski definition) is 3. The van der Waals surface area contributed by atoms with Crippen molar-refractivity contribution < 1.29 is 0 Å². The van der Waals surface area contributed by atoms with Gasteiger partial charge in [0.05, 0.1) is 5.56 Å². The lowest BCUT2D eigenvalue weighted by atomic mass is 10.2. The summed E-state index contributed by atoms with van der Waals surface area (Å²) in [6, 6.07) is 9.24. The third-order valence-electron chi connectivity index (χ3n) is 2.51. The summed E-state index contributed by atoms with van der Waals surface area (Å²) in [5.74, 6) is 0.649. The lowest BCUT2D eigenvalue weighted by molar-refractivity contribution is 1.28. The maximum absolute atomic E-state index is 5.92. The van der Waals surface area contributed by atoms with Crippen LogP contribution in [-0.4, -0.2) is 9.97 Å². The smallest absolute Gasteiger partial charge is 0.140 e. The van der Waals surface area contributed by atoms with Crippen molar-refractivity contribution in [2.24, 2.45) is 5.73 Å². The van der Waals surface area contributed by atoms with Gasteiger partial charge in [-0.2, -0.15) is 0 Å². The maximum Gasteiger partial charge on any atom is 0.140 e. The predicted molar refractivity (Wildman–Crippen MR) is 79.6 cm³/mol. The number of pyridine rings is 1. The number of nitrogens with two attached hydrogens (primary N) is 1. The van der Waals surface area contributed by atoms with Gasteiger partial charge in [0, 0.05) is 16.9 Å². The van der Waals surface area contributed by atoms with Crippen molar-refractivity contribution in [3.63, 3.8) is 0 Å². The second kappa shape index (κ2) is 5.33. The summed E-state index contributed by atoms with van der Waals surface area (Å²) in [6.45, 7) is 1.97. The Labute approximate surface area is 116 Å². The molecule has 0 aliphatic heterocycles. The van der Waals surface area contributed by atoms with E-state index in [1.54, 1.807) is 12.3 Å². The molecule has 0 atom stereocenters. The van der Waals surface area contributed by atoms with Gasteiger partial charge in [0.2, 0.25) is 0 Å². The average molecular weight is 278 g/mol. The van der Waals surface area contributed by atoms with Crippen molar-refractivity contribution in [3.8, 4) is 0 Å². The van der Waals surface area contributed by atoms with Crippen LogP contribution in [0.4, 0.5) is 11.5 Å². The van der Waals surface area contributed by atoms with Crippen molar-refractivity contribution in [2.45, 2.75) is 6.92 Å². The fourth-order valence-electron chi connectivity index (χ4n) is 1.60. The number of benzene rings is 1. The van der Waals surface area contributed by atoms with Crippen LogP contribution in [0.5, 0.6) is 0 Å². The minimum Gasteiger partial charge on any atom is -0.389 e. The van der Waals surface area contributed by atoms with E-state index < -0.39 is 0 Å². The molecule has 0 spiro atoms. The Kier molecular flexibility index (Phi) is 3.79. The molecule has 3 nitrogen and oxygen atoms in total. The van der Waals surface area contributed by atoms with Crippen molar-refractivity contribution in [1.82, 2.24) is 4.98 Å². The highest BCUT2D eigenvalue weighted by Crippen LogP contribution is 2.24. The molecule has 0 unspecified atom stereocenters. The van der Waals surface area contributed by atoms with Crippen LogP contribution in [0.25, 0.3) is 0 Å². The lowest BCUT2D eigenvalue weighted by Gasteiger charge is -2.12. The van der Waals surface area contributed by atoms with Gasteiger partial charge in [0.1, 0.15) is 10.8 Å². The first-order valence-corrected chi connectivity index (χ1v) is 6.14. The Hall–Kier alpha value is -1.65. The predicted octanol–water partition coefficient (Wildman–Crippen LogP) is 3.42. The zero-order valence-corrected chi connectivity index (χ0v) is 11.3. The van der Waals surface area contributed by atoms with Crippen LogP contribution in [0.1, 0.15) is 11.1 Å². The molecule has 18 heavy (non-hydrogen) atoms. The Morgan fingerprint density at radius 2 is 2.17 bits per heavy atom. The van der Waals surface area contributed by atoms with Crippen molar-refractivity contribution >= 4 is 40.3 Å². The molecule has 0 aliphatic rings. The van der Waals surface area contributed by atoms with Crippen LogP contribution in [0, 0.1) is 6.92 Å². The molecule has 0 aliphatic carbocycles. The first-order chi connectivity index (χ1) is 8.58.